The van der Waals surface area contributed by atoms with Gasteiger partial charge >= 0.3 is 5.69 Å². The number of benzene rings is 1. The van der Waals surface area contributed by atoms with Gasteiger partial charge in [0, 0.05) is 24.7 Å². The van der Waals surface area contributed by atoms with Gasteiger partial charge in [-0.05, 0) is 37.0 Å². The van der Waals surface area contributed by atoms with Crippen LogP contribution in [0.15, 0.2) is 32.3 Å². The van der Waals surface area contributed by atoms with Crippen LogP contribution in [0.5, 0.6) is 0 Å². The molecular weight excluding hydrogens is 370 g/mol. The molecule has 3 aromatic rings. The van der Waals surface area contributed by atoms with Crippen LogP contribution in [0.2, 0.25) is 0 Å². The fourth-order valence-electron chi connectivity index (χ4n) is 3.54. The molecule has 0 aliphatic carbocycles. The van der Waals surface area contributed by atoms with Gasteiger partial charge in [0.05, 0.1) is 6.54 Å². The molecule has 1 aliphatic rings. The summed E-state index contributed by atoms with van der Waals surface area (Å²) in [6.45, 7) is 2.05. The van der Waals surface area contributed by atoms with Gasteiger partial charge in [0.25, 0.3) is 5.56 Å². The van der Waals surface area contributed by atoms with Crippen LogP contribution in [0, 0.1) is 11.6 Å². The third-order valence-electron chi connectivity index (χ3n) is 4.84. The zero-order chi connectivity index (χ0) is 19.8. The Labute approximate surface area is 158 Å². The number of aryl methyl sites for hydroxylation is 1. The monoisotopic (exact) mass is 388 g/mol. The number of rotatable bonds is 4. The van der Waals surface area contributed by atoms with Crippen LogP contribution in [0.3, 0.4) is 0 Å². The van der Waals surface area contributed by atoms with E-state index in [0.717, 1.165) is 35.6 Å². The van der Waals surface area contributed by atoms with Gasteiger partial charge in [-0.2, -0.15) is 4.98 Å². The fourth-order valence-corrected chi connectivity index (χ4v) is 3.54. The first-order chi connectivity index (χ1) is 13.5. The Morgan fingerprint density at radius 1 is 1.14 bits per heavy atom. The van der Waals surface area contributed by atoms with Crippen molar-refractivity contribution in [2.24, 2.45) is 0 Å². The first kappa shape index (κ1) is 18.3. The molecule has 7 nitrogen and oxygen atoms in total. The first-order valence-electron chi connectivity index (χ1n) is 9.12. The van der Waals surface area contributed by atoms with E-state index < -0.39 is 22.9 Å². The molecule has 9 heteroatoms. The molecule has 0 bridgehead atoms. The van der Waals surface area contributed by atoms with Crippen molar-refractivity contribution in [2.75, 3.05) is 0 Å². The van der Waals surface area contributed by atoms with Gasteiger partial charge in [-0.25, -0.2) is 13.6 Å². The Morgan fingerprint density at radius 3 is 2.57 bits per heavy atom. The molecule has 1 aliphatic heterocycles. The number of hydrogen-bond donors (Lipinski definition) is 0. The molecule has 146 valence electrons. The summed E-state index contributed by atoms with van der Waals surface area (Å²) in [7, 11) is 0. The molecule has 0 spiro atoms. The number of hydrogen-bond acceptors (Lipinski definition) is 5. The smallest absolute Gasteiger partial charge is 0.331 e. The second kappa shape index (κ2) is 7.14. The number of aromatic nitrogens is 4. The zero-order valence-corrected chi connectivity index (χ0v) is 15.2. The largest absolute Gasteiger partial charge is 0.339 e. The summed E-state index contributed by atoms with van der Waals surface area (Å²) < 4.78 is 34.7. The molecule has 0 amide bonds. The van der Waals surface area contributed by atoms with Gasteiger partial charge < -0.3 is 4.52 Å². The minimum Gasteiger partial charge on any atom is -0.339 e. The molecule has 0 atom stereocenters. The standard InChI is InChI=1S/C19H18F2N4O3/c1-2-15-22-17(23-28-15)16-14-5-3-4-6-24(14)19(27)25(18(16)26)10-11-7-12(20)9-13(21)8-11/h7-9H,2-6,10H2,1H3. The van der Waals surface area contributed by atoms with E-state index in [2.05, 4.69) is 10.1 Å². The second-order valence-corrected chi connectivity index (χ2v) is 6.75. The molecule has 28 heavy (non-hydrogen) atoms. The van der Waals surface area contributed by atoms with Gasteiger partial charge in [0.2, 0.25) is 11.7 Å². The van der Waals surface area contributed by atoms with E-state index >= 15 is 0 Å². The Morgan fingerprint density at radius 2 is 1.89 bits per heavy atom. The predicted octanol–water partition coefficient (Wildman–Crippen LogP) is 2.29. The molecule has 0 N–H and O–H groups in total. The average molecular weight is 388 g/mol. The van der Waals surface area contributed by atoms with E-state index in [4.69, 9.17) is 4.52 Å². The quantitative estimate of drug-likeness (QED) is 0.685. The SMILES string of the molecule is CCc1nc(-c2c3n(c(=O)n(Cc4cc(F)cc(F)c4)c2=O)CCCC3)no1. The van der Waals surface area contributed by atoms with Crippen molar-refractivity contribution in [2.45, 2.75) is 45.7 Å². The van der Waals surface area contributed by atoms with Gasteiger partial charge in [-0.1, -0.05) is 12.1 Å². The summed E-state index contributed by atoms with van der Waals surface area (Å²) in [5.41, 5.74) is -0.133. The second-order valence-electron chi connectivity index (χ2n) is 6.75. The summed E-state index contributed by atoms with van der Waals surface area (Å²) in [5, 5.41) is 3.90. The molecule has 0 saturated heterocycles. The summed E-state index contributed by atoms with van der Waals surface area (Å²) in [4.78, 5) is 30.3. The highest BCUT2D eigenvalue weighted by Crippen LogP contribution is 2.22. The van der Waals surface area contributed by atoms with E-state index in [1.807, 2.05) is 6.92 Å². The number of fused-ring (bicyclic) bond motifs is 1. The molecule has 4 rings (SSSR count). The minimum absolute atomic E-state index is 0.131. The van der Waals surface area contributed by atoms with E-state index in [-0.39, 0.29) is 23.5 Å². The lowest BCUT2D eigenvalue weighted by Crippen LogP contribution is -2.44. The van der Waals surface area contributed by atoms with Crippen molar-refractivity contribution >= 4 is 0 Å². The molecular formula is C19H18F2N4O3. The zero-order valence-electron chi connectivity index (χ0n) is 15.2. The van der Waals surface area contributed by atoms with E-state index in [1.165, 1.54) is 4.57 Å². The molecule has 2 aromatic heterocycles. The van der Waals surface area contributed by atoms with Crippen LogP contribution in [0.1, 0.15) is 36.9 Å². The molecule has 1 aromatic carbocycles. The summed E-state index contributed by atoms with van der Waals surface area (Å²) in [6, 6.07) is 2.94. The lowest BCUT2D eigenvalue weighted by atomic mass is 10.0. The van der Waals surface area contributed by atoms with Gasteiger partial charge in [0.15, 0.2) is 0 Å². The lowest BCUT2D eigenvalue weighted by molar-refractivity contribution is 0.382. The third-order valence-corrected chi connectivity index (χ3v) is 4.84. The van der Waals surface area contributed by atoms with Crippen LogP contribution in [0.4, 0.5) is 8.78 Å². The van der Waals surface area contributed by atoms with Crippen LogP contribution in [-0.4, -0.2) is 19.3 Å². The van der Waals surface area contributed by atoms with Crippen molar-refractivity contribution in [3.05, 3.63) is 67.8 Å². The average Bonchev–Trinajstić information content (AvgIpc) is 3.13. The van der Waals surface area contributed by atoms with Crippen LogP contribution < -0.4 is 11.2 Å². The number of halogens is 2. The summed E-state index contributed by atoms with van der Waals surface area (Å²) in [5.74, 6) is -1.03. The van der Waals surface area contributed by atoms with E-state index in [9.17, 15) is 18.4 Å². The Bertz CT molecular complexity index is 1140. The summed E-state index contributed by atoms with van der Waals surface area (Å²) >= 11 is 0. The molecule has 0 unspecified atom stereocenters. The maximum atomic E-state index is 13.5. The van der Waals surface area contributed by atoms with Crippen molar-refractivity contribution in [3.63, 3.8) is 0 Å². The Hall–Kier alpha value is -3.10. The van der Waals surface area contributed by atoms with Gasteiger partial charge in [-0.3, -0.25) is 13.9 Å². The van der Waals surface area contributed by atoms with Crippen LogP contribution >= 0.6 is 0 Å². The number of nitrogens with zero attached hydrogens (tertiary/aromatic N) is 4. The van der Waals surface area contributed by atoms with Crippen LogP contribution in [-0.2, 0) is 25.9 Å². The molecule has 0 saturated carbocycles. The Kier molecular flexibility index (Phi) is 4.66. The van der Waals surface area contributed by atoms with E-state index in [1.54, 1.807) is 0 Å². The maximum Gasteiger partial charge on any atom is 0.331 e. The van der Waals surface area contributed by atoms with Gasteiger partial charge in [0.1, 0.15) is 17.2 Å². The first-order valence-corrected chi connectivity index (χ1v) is 9.12. The van der Waals surface area contributed by atoms with Crippen molar-refractivity contribution in [1.29, 1.82) is 0 Å². The lowest BCUT2D eigenvalue weighted by Gasteiger charge is -2.22. The fraction of sp³-hybridized carbons (Fsp3) is 0.368. The molecule has 0 fully saturated rings. The highest BCUT2D eigenvalue weighted by molar-refractivity contribution is 5.56. The van der Waals surface area contributed by atoms with Crippen molar-refractivity contribution in [1.82, 2.24) is 19.3 Å². The minimum atomic E-state index is -0.771. The Balaban J connectivity index is 1.92. The maximum absolute atomic E-state index is 13.5. The highest BCUT2D eigenvalue weighted by atomic mass is 19.1. The highest BCUT2D eigenvalue weighted by Gasteiger charge is 2.25. The topological polar surface area (TPSA) is 82.9 Å². The summed E-state index contributed by atoms with van der Waals surface area (Å²) in [6.07, 6.45) is 2.69. The molecule has 0 radical (unpaired) electrons. The van der Waals surface area contributed by atoms with Crippen molar-refractivity contribution in [3.8, 4) is 11.4 Å². The van der Waals surface area contributed by atoms with Crippen LogP contribution in [0.25, 0.3) is 11.4 Å². The third kappa shape index (κ3) is 3.17. The van der Waals surface area contributed by atoms with Gasteiger partial charge in [-0.15, -0.1) is 0 Å². The predicted molar refractivity (Wildman–Crippen MR) is 96.0 cm³/mol. The molecule has 3 heterocycles. The van der Waals surface area contributed by atoms with E-state index in [0.29, 0.717) is 31.0 Å². The van der Waals surface area contributed by atoms with Crippen molar-refractivity contribution < 1.29 is 13.3 Å². The normalized spacial score (nSPS) is 13.5.